The molecule has 0 bridgehead atoms. The molecule has 2 aliphatic rings. The molecule has 1 aliphatic carbocycles. The minimum absolute atomic E-state index is 0.0837. The highest BCUT2D eigenvalue weighted by Crippen LogP contribution is 2.31. The summed E-state index contributed by atoms with van der Waals surface area (Å²) < 4.78 is 0. The SMILES string of the molecule is Nc1cc(Cl)c(Cl)c(C(=O)N2CCN(C3CC3)CC2)c1. The lowest BCUT2D eigenvalue weighted by Crippen LogP contribution is -2.49. The Morgan fingerprint density at radius 2 is 1.80 bits per heavy atom. The summed E-state index contributed by atoms with van der Waals surface area (Å²) >= 11 is 12.1. The molecule has 4 nitrogen and oxygen atoms in total. The van der Waals surface area contributed by atoms with E-state index in [4.69, 9.17) is 28.9 Å². The number of amides is 1. The predicted octanol–water partition coefficient (Wildman–Crippen LogP) is 2.50. The van der Waals surface area contributed by atoms with Crippen LogP contribution in [0.3, 0.4) is 0 Å². The second-order valence-electron chi connectivity index (χ2n) is 5.42. The number of carbonyl (C=O) groups excluding carboxylic acids is 1. The Bertz CT molecular complexity index is 537. The molecule has 0 aromatic heterocycles. The third-order valence-corrected chi connectivity index (χ3v) is 4.75. The lowest BCUT2D eigenvalue weighted by atomic mass is 10.1. The van der Waals surface area contributed by atoms with Crippen molar-refractivity contribution in [1.82, 2.24) is 9.80 Å². The summed E-state index contributed by atoms with van der Waals surface area (Å²) in [5, 5.41) is 0.613. The van der Waals surface area contributed by atoms with Crippen LogP contribution in [0.25, 0.3) is 0 Å². The van der Waals surface area contributed by atoms with Gasteiger partial charge in [0.1, 0.15) is 0 Å². The summed E-state index contributed by atoms with van der Waals surface area (Å²) in [6.07, 6.45) is 2.59. The zero-order chi connectivity index (χ0) is 14.3. The van der Waals surface area contributed by atoms with Crippen LogP contribution >= 0.6 is 23.2 Å². The molecule has 1 amide bonds. The van der Waals surface area contributed by atoms with Gasteiger partial charge in [-0.25, -0.2) is 0 Å². The number of nitrogen functional groups attached to an aromatic ring is 1. The van der Waals surface area contributed by atoms with Crippen molar-refractivity contribution in [2.24, 2.45) is 0 Å². The van der Waals surface area contributed by atoms with Crippen LogP contribution < -0.4 is 5.73 Å². The molecule has 108 valence electrons. The van der Waals surface area contributed by atoms with E-state index < -0.39 is 0 Å². The van der Waals surface area contributed by atoms with Crippen molar-refractivity contribution in [3.8, 4) is 0 Å². The Morgan fingerprint density at radius 1 is 1.15 bits per heavy atom. The summed E-state index contributed by atoms with van der Waals surface area (Å²) in [4.78, 5) is 16.8. The van der Waals surface area contributed by atoms with Gasteiger partial charge in [0, 0.05) is 37.9 Å². The monoisotopic (exact) mass is 313 g/mol. The molecule has 0 atom stereocenters. The Labute approximate surface area is 128 Å². The van der Waals surface area contributed by atoms with Crippen LogP contribution in [0.5, 0.6) is 0 Å². The van der Waals surface area contributed by atoms with E-state index in [-0.39, 0.29) is 10.9 Å². The molecule has 1 heterocycles. The molecule has 0 unspecified atom stereocenters. The Balaban J connectivity index is 1.73. The minimum Gasteiger partial charge on any atom is -0.399 e. The smallest absolute Gasteiger partial charge is 0.255 e. The molecule has 6 heteroatoms. The van der Waals surface area contributed by atoms with Crippen LogP contribution in [0.2, 0.25) is 10.0 Å². The van der Waals surface area contributed by atoms with Gasteiger partial charge in [-0.2, -0.15) is 0 Å². The van der Waals surface area contributed by atoms with Crippen molar-refractivity contribution in [3.05, 3.63) is 27.7 Å². The Hall–Kier alpha value is -0.970. The normalized spacial score (nSPS) is 20.2. The van der Waals surface area contributed by atoms with Gasteiger partial charge in [0.2, 0.25) is 0 Å². The van der Waals surface area contributed by atoms with Crippen LogP contribution in [0.4, 0.5) is 5.69 Å². The largest absolute Gasteiger partial charge is 0.399 e. The number of rotatable bonds is 2. The molecule has 1 aliphatic heterocycles. The van der Waals surface area contributed by atoms with E-state index >= 15 is 0 Å². The lowest BCUT2D eigenvalue weighted by Gasteiger charge is -2.35. The Kier molecular flexibility index (Phi) is 3.80. The van der Waals surface area contributed by atoms with Gasteiger partial charge in [-0.05, 0) is 25.0 Å². The van der Waals surface area contributed by atoms with Crippen LogP contribution in [0.15, 0.2) is 12.1 Å². The van der Waals surface area contributed by atoms with Crippen LogP contribution in [-0.2, 0) is 0 Å². The number of nitrogens with zero attached hydrogens (tertiary/aromatic N) is 2. The maximum Gasteiger partial charge on any atom is 0.255 e. The van der Waals surface area contributed by atoms with E-state index in [1.165, 1.54) is 12.8 Å². The number of halogens is 2. The highest BCUT2D eigenvalue weighted by molar-refractivity contribution is 6.44. The van der Waals surface area contributed by atoms with Gasteiger partial charge in [0.05, 0.1) is 15.6 Å². The first-order valence-corrected chi connectivity index (χ1v) is 7.59. The number of hydrogen-bond donors (Lipinski definition) is 1. The first-order valence-electron chi connectivity index (χ1n) is 6.84. The van der Waals surface area contributed by atoms with E-state index in [0.717, 1.165) is 32.2 Å². The van der Waals surface area contributed by atoms with Crippen LogP contribution in [0, 0.1) is 0 Å². The van der Waals surface area contributed by atoms with E-state index in [1.54, 1.807) is 12.1 Å². The summed E-state index contributed by atoms with van der Waals surface area (Å²) in [7, 11) is 0. The zero-order valence-corrected chi connectivity index (χ0v) is 12.6. The van der Waals surface area contributed by atoms with Crippen molar-refractivity contribution in [1.29, 1.82) is 0 Å². The van der Waals surface area contributed by atoms with Crippen molar-refractivity contribution in [2.45, 2.75) is 18.9 Å². The molecule has 0 spiro atoms. The molecular formula is C14H17Cl2N3O. The summed E-state index contributed by atoms with van der Waals surface area (Å²) in [6.45, 7) is 3.34. The van der Waals surface area contributed by atoms with E-state index in [1.807, 2.05) is 4.90 Å². The second-order valence-corrected chi connectivity index (χ2v) is 6.21. The molecule has 0 radical (unpaired) electrons. The second kappa shape index (κ2) is 5.43. The molecule has 2 fully saturated rings. The van der Waals surface area contributed by atoms with Crippen molar-refractivity contribution in [2.75, 3.05) is 31.9 Å². The van der Waals surface area contributed by atoms with E-state index in [0.29, 0.717) is 16.3 Å². The first-order chi connectivity index (χ1) is 9.56. The molecule has 1 aromatic rings. The first kappa shape index (κ1) is 14.0. The topological polar surface area (TPSA) is 49.6 Å². The van der Waals surface area contributed by atoms with Gasteiger partial charge in [-0.3, -0.25) is 9.69 Å². The quantitative estimate of drug-likeness (QED) is 0.853. The molecule has 20 heavy (non-hydrogen) atoms. The van der Waals surface area contributed by atoms with Crippen LogP contribution in [0.1, 0.15) is 23.2 Å². The minimum atomic E-state index is -0.0837. The average molecular weight is 314 g/mol. The third-order valence-electron chi connectivity index (χ3n) is 3.95. The highest BCUT2D eigenvalue weighted by Gasteiger charge is 2.32. The van der Waals surface area contributed by atoms with Gasteiger partial charge in [0.15, 0.2) is 0 Å². The fourth-order valence-electron chi connectivity index (χ4n) is 2.67. The van der Waals surface area contributed by atoms with Crippen molar-refractivity contribution in [3.63, 3.8) is 0 Å². The van der Waals surface area contributed by atoms with Gasteiger partial charge in [0.25, 0.3) is 5.91 Å². The van der Waals surface area contributed by atoms with Crippen molar-refractivity contribution >= 4 is 34.8 Å². The highest BCUT2D eigenvalue weighted by atomic mass is 35.5. The fourth-order valence-corrected chi connectivity index (χ4v) is 3.08. The van der Waals surface area contributed by atoms with Crippen LogP contribution in [-0.4, -0.2) is 47.9 Å². The molecule has 1 saturated heterocycles. The number of anilines is 1. The predicted molar refractivity (Wildman–Crippen MR) is 81.4 cm³/mol. The number of benzene rings is 1. The van der Waals surface area contributed by atoms with Gasteiger partial charge in [-0.15, -0.1) is 0 Å². The molecule has 1 saturated carbocycles. The maximum atomic E-state index is 12.5. The number of hydrogen-bond acceptors (Lipinski definition) is 3. The van der Waals surface area contributed by atoms with Gasteiger partial charge < -0.3 is 10.6 Å². The van der Waals surface area contributed by atoms with Gasteiger partial charge in [-0.1, -0.05) is 23.2 Å². The summed E-state index contributed by atoms with van der Waals surface area (Å²) in [6, 6.07) is 3.91. The third kappa shape index (κ3) is 2.73. The summed E-state index contributed by atoms with van der Waals surface area (Å²) in [5.41, 5.74) is 6.60. The Morgan fingerprint density at radius 3 is 2.40 bits per heavy atom. The van der Waals surface area contributed by atoms with Gasteiger partial charge >= 0.3 is 0 Å². The summed E-state index contributed by atoms with van der Waals surface area (Å²) in [5.74, 6) is -0.0837. The lowest BCUT2D eigenvalue weighted by molar-refractivity contribution is 0.0627. The van der Waals surface area contributed by atoms with Crippen molar-refractivity contribution < 1.29 is 4.79 Å². The zero-order valence-electron chi connectivity index (χ0n) is 11.1. The number of piperazine rings is 1. The van der Waals surface area contributed by atoms with E-state index in [9.17, 15) is 4.79 Å². The molecule has 3 rings (SSSR count). The average Bonchev–Trinajstić information content (AvgIpc) is 3.27. The maximum absolute atomic E-state index is 12.5. The van der Waals surface area contributed by atoms with E-state index in [2.05, 4.69) is 4.90 Å². The molecule has 2 N–H and O–H groups in total. The number of carbonyl (C=O) groups is 1. The molecule has 1 aromatic carbocycles. The standard InChI is InChI=1S/C14H17Cl2N3O/c15-12-8-9(17)7-11(13(12)16)14(20)19-5-3-18(4-6-19)10-1-2-10/h7-8,10H,1-6,17H2. The fraction of sp³-hybridized carbons (Fsp3) is 0.500. The number of nitrogens with two attached hydrogens (primary N) is 1. The molecular weight excluding hydrogens is 297 g/mol.